The van der Waals surface area contributed by atoms with E-state index in [4.69, 9.17) is 5.11 Å². The molecule has 3 N–H and O–H groups in total. The Kier molecular flexibility index (Phi) is 5.89. The lowest BCUT2D eigenvalue weighted by Crippen LogP contribution is -2.45. The number of hydrogen-bond acceptors (Lipinski definition) is 3. The van der Waals surface area contributed by atoms with Crippen molar-refractivity contribution in [1.29, 1.82) is 0 Å². The maximum Gasteiger partial charge on any atom is 0.309 e. The quantitative estimate of drug-likeness (QED) is 0.729. The number of benzene rings is 1. The van der Waals surface area contributed by atoms with E-state index >= 15 is 0 Å². The molecule has 1 aliphatic carbocycles. The minimum atomic E-state index is -0.686. The number of aliphatic hydroxyl groups is 1. The lowest BCUT2D eigenvalue weighted by Gasteiger charge is -2.27. The van der Waals surface area contributed by atoms with Gasteiger partial charge < -0.3 is 15.7 Å². The van der Waals surface area contributed by atoms with Crippen molar-refractivity contribution in [2.24, 2.45) is 5.92 Å². The van der Waals surface area contributed by atoms with E-state index in [2.05, 4.69) is 10.6 Å². The fourth-order valence-electron chi connectivity index (χ4n) is 2.61. The Morgan fingerprint density at radius 2 is 1.73 bits per heavy atom. The molecule has 0 saturated heterocycles. The zero-order valence-corrected chi connectivity index (χ0v) is 12.3. The highest BCUT2D eigenvalue weighted by Crippen LogP contribution is 2.23. The molecule has 1 aromatic carbocycles. The number of nitrogens with one attached hydrogen (secondary N) is 2. The zero-order chi connectivity index (χ0) is 15.9. The van der Waals surface area contributed by atoms with Gasteiger partial charge in [0.1, 0.15) is 5.82 Å². The largest absolute Gasteiger partial charge is 0.396 e. The highest BCUT2D eigenvalue weighted by atomic mass is 19.1. The van der Waals surface area contributed by atoms with Crippen LogP contribution >= 0.6 is 0 Å². The summed E-state index contributed by atoms with van der Waals surface area (Å²) in [6, 6.07) is 5.72. The smallest absolute Gasteiger partial charge is 0.309 e. The minimum absolute atomic E-state index is 0.00753. The zero-order valence-electron chi connectivity index (χ0n) is 12.3. The van der Waals surface area contributed by atoms with Crippen molar-refractivity contribution in [3.8, 4) is 0 Å². The Hall–Kier alpha value is -1.95. The Labute approximate surface area is 128 Å². The molecule has 1 fully saturated rings. The van der Waals surface area contributed by atoms with E-state index < -0.39 is 11.8 Å². The van der Waals surface area contributed by atoms with Crippen LogP contribution < -0.4 is 10.6 Å². The summed E-state index contributed by atoms with van der Waals surface area (Å²) >= 11 is 0. The highest BCUT2D eigenvalue weighted by Gasteiger charge is 2.24. The standard InChI is InChI=1S/C16H21FN2O3/c17-13-5-1-11(2-6-13)9-18-15(21)16(22)19-14-7-3-12(10-20)4-8-14/h1-2,5-6,12,14,20H,3-4,7-10H2,(H,18,21)(H,19,22). The molecule has 0 radical (unpaired) electrons. The van der Waals surface area contributed by atoms with Gasteiger partial charge in [-0.15, -0.1) is 0 Å². The van der Waals surface area contributed by atoms with Crippen LogP contribution in [-0.4, -0.2) is 29.6 Å². The predicted octanol–water partition coefficient (Wildman–Crippen LogP) is 1.11. The molecule has 6 heteroatoms. The van der Waals surface area contributed by atoms with Crippen LogP contribution in [0.2, 0.25) is 0 Å². The Morgan fingerprint density at radius 3 is 2.32 bits per heavy atom. The molecule has 0 aromatic heterocycles. The van der Waals surface area contributed by atoms with Crippen molar-refractivity contribution >= 4 is 11.8 Å². The summed E-state index contributed by atoms with van der Waals surface area (Å²) in [4.78, 5) is 23.5. The summed E-state index contributed by atoms with van der Waals surface area (Å²) in [6.07, 6.45) is 3.28. The molecule has 1 aliphatic rings. The van der Waals surface area contributed by atoms with Gasteiger partial charge in [0.25, 0.3) is 0 Å². The third kappa shape index (κ3) is 4.80. The average Bonchev–Trinajstić information content (AvgIpc) is 2.54. The van der Waals surface area contributed by atoms with Gasteiger partial charge >= 0.3 is 11.8 Å². The van der Waals surface area contributed by atoms with E-state index in [1.165, 1.54) is 12.1 Å². The SMILES string of the molecule is O=C(NCc1ccc(F)cc1)C(=O)NC1CCC(CO)CC1. The van der Waals surface area contributed by atoms with Gasteiger partial charge in [-0.05, 0) is 49.3 Å². The van der Waals surface area contributed by atoms with Crippen molar-refractivity contribution in [3.63, 3.8) is 0 Å². The van der Waals surface area contributed by atoms with E-state index in [0.717, 1.165) is 31.2 Å². The fraction of sp³-hybridized carbons (Fsp3) is 0.500. The highest BCUT2D eigenvalue weighted by molar-refractivity contribution is 6.35. The maximum absolute atomic E-state index is 12.8. The monoisotopic (exact) mass is 308 g/mol. The molecule has 0 unspecified atom stereocenters. The molecule has 1 aromatic rings. The number of halogens is 1. The topological polar surface area (TPSA) is 78.4 Å². The summed E-state index contributed by atoms with van der Waals surface area (Å²) in [5.74, 6) is -1.37. The number of rotatable bonds is 4. The Balaban J connectivity index is 1.73. The molecule has 0 spiro atoms. The van der Waals surface area contributed by atoms with E-state index in [1.54, 1.807) is 12.1 Å². The van der Waals surface area contributed by atoms with Crippen LogP contribution in [-0.2, 0) is 16.1 Å². The number of hydrogen-bond donors (Lipinski definition) is 3. The second-order valence-electron chi connectivity index (χ2n) is 5.68. The molecule has 22 heavy (non-hydrogen) atoms. The van der Waals surface area contributed by atoms with Gasteiger partial charge in [-0.25, -0.2) is 4.39 Å². The van der Waals surface area contributed by atoms with Crippen LogP contribution in [0.1, 0.15) is 31.2 Å². The van der Waals surface area contributed by atoms with Gasteiger partial charge in [-0.1, -0.05) is 12.1 Å². The van der Waals surface area contributed by atoms with E-state index in [-0.39, 0.29) is 25.0 Å². The molecular weight excluding hydrogens is 287 g/mol. The molecule has 120 valence electrons. The first-order valence-electron chi connectivity index (χ1n) is 7.52. The first-order valence-corrected chi connectivity index (χ1v) is 7.52. The van der Waals surface area contributed by atoms with Gasteiger partial charge in [0.15, 0.2) is 0 Å². The summed E-state index contributed by atoms with van der Waals surface area (Å²) in [5.41, 5.74) is 0.728. The Morgan fingerprint density at radius 1 is 1.09 bits per heavy atom. The van der Waals surface area contributed by atoms with Crippen LogP contribution in [0, 0.1) is 11.7 Å². The molecule has 5 nitrogen and oxygen atoms in total. The first kappa shape index (κ1) is 16.4. The number of amides is 2. The van der Waals surface area contributed by atoms with Gasteiger partial charge in [-0.2, -0.15) is 0 Å². The van der Waals surface area contributed by atoms with Gasteiger partial charge in [0.05, 0.1) is 0 Å². The van der Waals surface area contributed by atoms with E-state index in [9.17, 15) is 14.0 Å². The van der Waals surface area contributed by atoms with Crippen molar-refractivity contribution < 1.29 is 19.1 Å². The summed E-state index contributed by atoms with van der Waals surface area (Å²) in [7, 11) is 0. The van der Waals surface area contributed by atoms with Crippen LogP contribution in [0.4, 0.5) is 4.39 Å². The van der Waals surface area contributed by atoms with Crippen molar-refractivity contribution in [1.82, 2.24) is 10.6 Å². The third-order valence-corrected chi connectivity index (χ3v) is 4.01. The van der Waals surface area contributed by atoms with Crippen molar-refractivity contribution in [2.45, 2.75) is 38.3 Å². The fourth-order valence-corrected chi connectivity index (χ4v) is 2.61. The first-order chi connectivity index (χ1) is 10.6. The van der Waals surface area contributed by atoms with Crippen molar-refractivity contribution in [2.75, 3.05) is 6.61 Å². The lowest BCUT2D eigenvalue weighted by atomic mass is 9.86. The van der Waals surface area contributed by atoms with Crippen LogP contribution in [0.25, 0.3) is 0 Å². The van der Waals surface area contributed by atoms with E-state index in [0.29, 0.717) is 5.92 Å². The molecule has 2 amide bonds. The van der Waals surface area contributed by atoms with Gasteiger partial charge in [-0.3, -0.25) is 9.59 Å². The minimum Gasteiger partial charge on any atom is -0.396 e. The van der Waals surface area contributed by atoms with E-state index in [1.807, 2.05) is 0 Å². The second kappa shape index (κ2) is 7.89. The van der Waals surface area contributed by atoms with Gasteiger partial charge in [0, 0.05) is 19.2 Å². The molecular formula is C16H21FN2O3. The Bertz CT molecular complexity index is 511. The predicted molar refractivity (Wildman–Crippen MR) is 79.2 cm³/mol. The summed E-state index contributed by atoms with van der Waals surface area (Å²) < 4.78 is 12.8. The normalized spacial score (nSPS) is 21.2. The average molecular weight is 308 g/mol. The molecule has 0 atom stereocenters. The van der Waals surface area contributed by atoms with Crippen LogP contribution in [0.5, 0.6) is 0 Å². The summed E-state index contributed by atoms with van der Waals surface area (Å²) in [5, 5.41) is 14.3. The molecule has 1 saturated carbocycles. The third-order valence-electron chi connectivity index (χ3n) is 4.01. The molecule has 0 heterocycles. The van der Waals surface area contributed by atoms with Gasteiger partial charge in [0.2, 0.25) is 0 Å². The number of aliphatic hydroxyl groups excluding tert-OH is 1. The maximum atomic E-state index is 12.8. The molecule has 0 aliphatic heterocycles. The van der Waals surface area contributed by atoms with Crippen LogP contribution in [0.15, 0.2) is 24.3 Å². The molecule has 2 rings (SSSR count). The van der Waals surface area contributed by atoms with Crippen molar-refractivity contribution in [3.05, 3.63) is 35.6 Å². The number of carbonyl (C=O) groups excluding carboxylic acids is 2. The lowest BCUT2D eigenvalue weighted by molar-refractivity contribution is -0.139. The summed E-state index contributed by atoms with van der Waals surface area (Å²) in [6.45, 7) is 0.364. The van der Waals surface area contributed by atoms with Crippen LogP contribution in [0.3, 0.4) is 0 Å². The number of carbonyl (C=O) groups is 2. The molecule has 0 bridgehead atoms. The second-order valence-corrected chi connectivity index (χ2v) is 5.68.